The molecule has 2 nitrogen and oxygen atoms in total. The Morgan fingerprint density at radius 3 is 1.57 bits per heavy atom. The highest BCUT2D eigenvalue weighted by atomic mass is 32.2. The number of para-hydroxylation sites is 2. The van der Waals surface area contributed by atoms with Gasteiger partial charge in [0.15, 0.2) is 0 Å². The Labute approximate surface area is 405 Å². The van der Waals surface area contributed by atoms with Crippen molar-refractivity contribution in [2.24, 2.45) is 0 Å². The van der Waals surface area contributed by atoms with Crippen LogP contribution in [0.2, 0.25) is 0 Å². The molecule has 2 spiro atoms. The van der Waals surface area contributed by atoms with Crippen LogP contribution in [0.1, 0.15) is 44.5 Å². The standard InChI is InChI=1S/C66H41NOS/c1-2-16-42(17-3-1)43-30-33-45(34-31-43)67(47-35-37-50-49-20-6-7-21-52(49)65(59(50)41-47)54-22-8-12-26-60(54)68-61-27-13-9-23-55(61)65)46-36-39-53-51(40-46)64-48-19-5-4-18-44(48)32-38-58(64)66(53)56-24-10-14-28-62(56)69-63-29-15-11-25-57(63)66/h1-41H. The number of fused-ring (bicyclic) bond motifs is 20. The van der Waals surface area contributed by atoms with Crippen LogP contribution in [0.5, 0.6) is 11.5 Å². The average Bonchev–Trinajstić information content (AvgIpc) is 3.87. The normalized spacial score (nSPS) is 14.4. The van der Waals surface area contributed by atoms with E-state index in [1.807, 2.05) is 11.8 Å². The number of anilines is 3. The molecule has 0 fully saturated rings. The highest BCUT2D eigenvalue weighted by Crippen LogP contribution is 2.65. The van der Waals surface area contributed by atoms with Crippen molar-refractivity contribution in [1.82, 2.24) is 0 Å². The second-order valence-electron chi connectivity index (χ2n) is 18.7. The molecule has 4 aliphatic rings. The lowest BCUT2D eigenvalue weighted by Gasteiger charge is -2.40. The van der Waals surface area contributed by atoms with E-state index in [1.165, 1.54) is 87.3 Å². The lowest BCUT2D eigenvalue weighted by Crippen LogP contribution is -2.32. The lowest BCUT2D eigenvalue weighted by atomic mass is 9.66. The molecule has 0 amide bonds. The summed E-state index contributed by atoms with van der Waals surface area (Å²) < 4.78 is 6.74. The fraction of sp³-hybridized carbons (Fsp3) is 0.0303. The van der Waals surface area contributed by atoms with Crippen LogP contribution in [0.4, 0.5) is 17.1 Å². The zero-order valence-electron chi connectivity index (χ0n) is 37.4. The fourth-order valence-electron chi connectivity index (χ4n) is 12.7. The molecule has 0 aromatic heterocycles. The summed E-state index contributed by atoms with van der Waals surface area (Å²) in [7, 11) is 0. The van der Waals surface area contributed by atoms with Gasteiger partial charge in [0.2, 0.25) is 0 Å². The Balaban J connectivity index is 1.01. The van der Waals surface area contributed by atoms with Gasteiger partial charge in [-0.15, -0.1) is 0 Å². The van der Waals surface area contributed by atoms with E-state index in [-0.39, 0.29) is 0 Å². The van der Waals surface area contributed by atoms with E-state index in [1.54, 1.807) is 0 Å². The van der Waals surface area contributed by atoms with Gasteiger partial charge in [0.25, 0.3) is 0 Å². The van der Waals surface area contributed by atoms with Crippen molar-refractivity contribution in [3.8, 4) is 44.9 Å². The second-order valence-corrected chi connectivity index (χ2v) is 19.7. The molecule has 0 bridgehead atoms. The number of rotatable bonds is 4. The van der Waals surface area contributed by atoms with Crippen LogP contribution in [0, 0.1) is 0 Å². The summed E-state index contributed by atoms with van der Waals surface area (Å²) in [6.07, 6.45) is 0. The van der Waals surface area contributed by atoms with Crippen molar-refractivity contribution in [2.75, 3.05) is 4.90 Å². The van der Waals surface area contributed by atoms with E-state index in [0.717, 1.165) is 39.7 Å². The molecule has 0 radical (unpaired) electrons. The maximum Gasteiger partial charge on any atom is 0.132 e. The van der Waals surface area contributed by atoms with Gasteiger partial charge >= 0.3 is 0 Å². The summed E-state index contributed by atoms with van der Waals surface area (Å²) in [5.74, 6) is 1.78. The Hall–Kier alpha value is -8.37. The molecule has 322 valence electrons. The summed E-state index contributed by atoms with van der Waals surface area (Å²) in [6, 6.07) is 92.4. The summed E-state index contributed by atoms with van der Waals surface area (Å²) in [6.45, 7) is 0. The molecule has 3 heteroatoms. The molecule has 0 unspecified atom stereocenters. The number of benzene rings is 11. The molecule has 0 N–H and O–H groups in total. The third kappa shape index (κ3) is 5.23. The van der Waals surface area contributed by atoms with Crippen LogP contribution in [0.25, 0.3) is 44.2 Å². The molecular formula is C66H41NOS. The smallest absolute Gasteiger partial charge is 0.132 e. The van der Waals surface area contributed by atoms with Crippen molar-refractivity contribution >= 4 is 39.6 Å². The first-order valence-corrected chi connectivity index (χ1v) is 24.6. The molecule has 15 rings (SSSR count). The van der Waals surface area contributed by atoms with Crippen molar-refractivity contribution in [1.29, 1.82) is 0 Å². The van der Waals surface area contributed by atoms with Crippen molar-refractivity contribution in [3.63, 3.8) is 0 Å². The molecule has 2 aliphatic carbocycles. The average molecular weight is 896 g/mol. The topological polar surface area (TPSA) is 12.5 Å². The van der Waals surface area contributed by atoms with E-state index in [2.05, 4.69) is 254 Å². The molecule has 0 atom stereocenters. The summed E-state index contributed by atoms with van der Waals surface area (Å²) in [4.78, 5) is 5.09. The van der Waals surface area contributed by atoms with Crippen LogP contribution in [0.3, 0.4) is 0 Å². The van der Waals surface area contributed by atoms with Gasteiger partial charge in [0, 0.05) is 38.0 Å². The van der Waals surface area contributed by atoms with Gasteiger partial charge in [0.05, 0.1) is 10.8 Å². The van der Waals surface area contributed by atoms with Gasteiger partial charge in [-0.1, -0.05) is 200 Å². The summed E-state index contributed by atoms with van der Waals surface area (Å²) >= 11 is 1.89. The van der Waals surface area contributed by atoms with Crippen LogP contribution >= 0.6 is 11.8 Å². The van der Waals surface area contributed by atoms with Gasteiger partial charge in [-0.3, -0.25) is 0 Å². The second kappa shape index (κ2) is 14.6. The van der Waals surface area contributed by atoms with Crippen molar-refractivity contribution in [2.45, 2.75) is 20.6 Å². The van der Waals surface area contributed by atoms with Gasteiger partial charge in [-0.05, 0) is 138 Å². The third-order valence-corrected chi connectivity index (χ3v) is 16.5. The summed E-state index contributed by atoms with van der Waals surface area (Å²) in [5, 5.41) is 2.51. The zero-order chi connectivity index (χ0) is 45.3. The largest absolute Gasteiger partial charge is 0.457 e. The molecule has 2 heterocycles. The minimum absolute atomic E-state index is 0.497. The minimum Gasteiger partial charge on any atom is -0.457 e. The molecule has 0 saturated heterocycles. The van der Waals surface area contributed by atoms with E-state index < -0.39 is 10.8 Å². The first-order chi connectivity index (χ1) is 34.2. The number of hydrogen-bond acceptors (Lipinski definition) is 3. The third-order valence-electron chi connectivity index (χ3n) is 15.4. The van der Waals surface area contributed by atoms with Crippen molar-refractivity contribution in [3.05, 3.63) is 293 Å². The fourth-order valence-corrected chi connectivity index (χ4v) is 13.9. The molecule has 11 aromatic carbocycles. The van der Waals surface area contributed by atoms with Crippen LogP contribution in [-0.4, -0.2) is 0 Å². The van der Waals surface area contributed by atoms with Gasteiger partial charge in [0.1, 0.15) is 11.5 Å². The van der Waals surface area contributed by atoms with E-state index >= 15 is 0 Å². The maximum absolute atomic E-state index is 6.74. The number of ether oxygens (including phenoxy) is 1. The highest BCUT2D eigenvalue weighted by molar-refractivity contribution is 7.99. The summed E-state index contributed by atoms with van der Waals surface area (Å²) in [5.41, 5.74) is 19.8. The van der Waals surface area contributed by atoms with E-state index in [4.69, 9.17) is 4.74 Å². The highest BCUT2D eigenvalue weighted by Gasteiger charge is 2.53. The van der Waals surface area contributed by atoms with Gasteiger partial charge in [-0.2, -0.15) is 0 Å². The molecule has 2 aliphatic heterocycles. The van der Waals surface area contributed by atoms with Gasteiger partial charge in [-0.25, -0.2) is 0 Å². The number of nitrogens with zero attached hydrogens (tertiary/aromatic N) is 1. The SMILES string of the molecule is c1ccc(-c2ccc(N(c3ccc4c(c3)-c3c(ccc5ccccc35)C43c4ccccc4Sc4ccccc43)c3ccc4c(c3)C3(c5ccccc5Oc5ccccc53)c3ccccc3-4)cc2)cc1. The predicted molar refractivity (Wildman–Crippen MR) is 283 cm³/mol. The van der Waals surface area contributed by atoms with Gasteiger partial charge < -0.3 is 9.64 Å². The predicted octanol–water partition coefficient (Wildman–Crippen LogP) is 17.3. The van der Waals surface area contributed by atoms with E-state index in [9.17, 15) is 0 Å². The monoisotopic (exact) mass is 895 g/mol. The molecular weight excluding hydrogens is 855 g/mol. The van der Waals surface area contributed by atoms with Crippen molar-refractivity contribution < 1.29 is 4.74 Å². The Bertz CT molecular complexity index is 3840. The maximum atomic E-state index is 6.74. The first kappa shape index (κ1) is 38.7. The Morgan fingerprint density at radius 1 is 0.319 bits per heavy atom. The Morgan fingerprint density at radius 2 is 0.826 bits per heavy atom. The minimum atomic E-state index is -0.599. The van der Waals surface area contributed by atoms with Crippen LogP contribution in [-0.2, 0) is 10.8 Å². The van der Waals surface area contributed by atoms with Crippen LogP contribution < -0.4 is 9.64 Å². The lowest BCUT2D eigenvalue weighted by molar-refractivity contribution is 0.436. The molecule has 11 aromatic rings. The zero-order valence-corrected chi connectivity index (χ0v) is 38.3. The first-order valence-electron chi connectivity index (χ1n) is 23.8. The van der Waals surface area contributed by atoms with Crippen LogP contribution in [0.15, 0.2) is 259 Å². The van der Waals surface area contributed by atoms with E-state index in [0.29, 0.717) is 0 Å². The molecule has 69 heavy (non-hydrogen) atoms. The Kier molecular flexibility index (Phi) is 8.17. The quantitative estimate of drug-likeness (QED) is 0.175. The number of hydrogen-bond donors (Lipinski definition) is 0. The molecule has 0 saturated carbocycles.